The van der Waals surface area contributed by atoms with Crippen molar-refractivity contribution in [1.29, 1.82) is 0 Å². The summed E-state index contributed by atoms with van der Waals surface area (Å²) >= 11 is 1.83. The summed E-state index contributed by atoms with van der Waals surface area (Å²) in [5, 5.41) is 8.73. The van der Waals surface area contributed by atoms with Crippen molar-refractivity contribution in [2.24, 2.45) is 0 Å². The van der Waals surface area contributed by atoms with Gasteiger partial charge < -0.3 is 10.6 Å². The molecule has 1 amide bonds. The van der Waals surface area contributed by atoms with E-state index in [4.69, 9.17) is 0 Å². The fraction of sp³-hybridized carbons (Fsp3) is 0.312. The molecular weight excluding hydrogens is 268 g/mol. The molecule has 0 saturated carbocycles. The van der Waals surface area contributed by atoms with E-state index < -0.39 is 0 Å². The molecule has 0 aliphatic carbocycles. The maximum atomic E-state index is 12.1. The molecule has 0 spiro atoms. The van der Waals surface area contributed by atoms with Gasteiger partial charge in [0, 0.05) is 24.6 Å². The lowest BCUT2D eigenvalue weighted by Gasteiger charge is -2.22. The lowest BCUT2D eigenvalue weighted by molar-refractivity contribution is -0.122. The van der Waals surface area contributed by atoms with E-state index in [1.54, 1.807) is 0 Å². The van der Waals surface area contributed by atoms with Crippen LogP contribution in [0.3, 0.4) is 0 Å². The molecule has 1 atom stereocenters. The average molecular weight is 286 g/mol. The van der Waals surface area contributed by atoms with Crippen LogP contribution in [0.5, 0.6) is 0 Å². The van der Waals surface area contributed by atoms with Crippen molar-refractivity contribution in [3.05, 3.63) is 48.0 Å². The molecular formula is C16H18N2OS. The second-order valence-corrected chi connectivity index (χ2v) is 6.09. The minimum Gasteiger partial charge on any atom is -0.351 e. The number of hydrogen-bond donors (Lipinski definition) is 2. The minimum atomic E-state index is -0.0521. The molecule has 0 aromatic heterocycles. The van der Waals surface area contributed by atoms with Gasteiger partial charge in [-0.15, -0.1) is 0 Å². The molecule has 1 heterocycles. The van der Waals surface area contributed by atoms with Gasteiger partial charge in [0.1, 0.15) is 0 Å². The molecule has 20 heavy (non-hydrogen) atoms. The van der Waals surface area contributed by atoms with E-state index >= 15 is 0 Å². The van der Waals surface area contributed by atoms with Gasteiger partial charge in [0.2, 0.25) is 5.91 Å². The van der Waals surface area contributed by atoms with Crippen molar-refractivity contribution < 1.29 is 4.79 Å². The molecule has 1 aliphatic rings. The van der Waals surface area contributed by atoms with E-state index in [9.17, 15) is 4.79 Å². The van der Waals surface area contributed by atoms with Crippen LogP contribution in [0.15, 0.2) is 42.5 Å². The van der Waals surface area contributed by atoms with Crippen molar-refractivity contribution in [2.45, 2.75) is 12.6 Å². The van der Waals surface area contributed by atoms with Crippen LogP contribution in [0.1, 0.15) is 5.56 Å². The van der Waals surface area contributed by atoms with E-state index in [1.807, 2.05) is 30.0 Å². The number of carbonyl (C=O) groups excluding carboxylic acids is 1. The van der Waals surface area contributed by atoms with Gasteiger partial charge in [-0.25, -0.2) is 0 Å². The van der Waals surface area contributed by atoms with Crippen LogP contribution in [0.4, 0.5) is 0 Å². The highest BCUT2D eigenvalue weighted by atomic mass is 32.2. The monoisotopic (exact) mass is 286 g/mol. The number of benzene rings is 2. The Labute approximate surface area is 123 Å². The van der Waals surface area contributed by atoms with Crippen LogP contribution >= 0.6 is 11.8 Å². The summed E-state index contributed by atoms with van der Waals surface area (Å²) in [6, 6.07) is 14.4. The first kappa shape index (κ1) is 13.5. The van der Waals surface area contributed by atoms with E-state index in [2.05, 4.69) is 34.9 Å². The molecule has 4 heteroatoms. The lowest BCUT2D eigenvalue weighted by atomic mass is 10.0. The molecule has 1 aliphatic heterocycles. The lowest BCUT2D eigenvalue weighted by Crippen LogP contribution is -2.48. The molecule has 3 rings (SSSR count). The Morgan fingerprint density at radius 1 is 1.25 bits per heavy atom. The first-order chi connectivity index (χ1) is 9.84. The summed E-state index contributed by atoms with van der Waals surface area (Å²) in [6.07, 6.45) is 0. The van der Waals surface area contributed by atoms with Crippen molar-refractivity contribution in [3.8, 4) is 0 Å². The number of fused-ring (bicyclic) bond motifs is 1. The second-order valence-electron chi connectivity index (χ2n) is 4.94. The first-order valence-electron chi connectivity index (χ1n) is 6.90. The highest BCUT2D eigenvalue weighted by molar-refractivity contribution is 7.99. The van der Waals surface area contributed by atoms with Gasteiger partial charge >= 0.3 is 0 Å². The highest BCUT2D eigenvalue weighted by Gasteiger charge is 2.20. The molecule has 3 nitrogen and oxygen atoms in total. The van der Waals surface area contributed by atoms with Crippen molar-refractivity contribution in [1.82, 2.24) is 10.6 Å². The zero-order valence-corrected chi connectivity index (χ0v) is 12.1. The predicted octanol–water partition coefficient (Wildman–Crippen LogP) is 2.16. The normalized spacial score (nSPS) is 18.9. The van der Waals surface area contributed by atoms with Crippen molar-refractivity contribution in [2.75, 3.05) is 18.1 Å². The van der Waals surface area contributed by atoms with Gasteiger partial charge in [-0.05, 0) is 16.3 Å². The highest BCUT2D eigenvalue weighted by Crippen LogP contribution is 2.18. The van der Waals surface area contributed by atoms with E-state index in [0.717, 1.165) is 18.1 Å². The van der Waals surface area contributed by atoms with Gasteiger partial charge in [-0.2, -0.15) is 11.8 Å². The number of thioether (sulfide) groups is 1. The molecule has 2 aromatic rings. The van der Waals surface area contributed by atoms with Gasteiger partial charge in [-0.1, -0.05) is 42.5 Å². The Kier molecular flexibility index (Phi) is 4.23. The SMILES string of the molecule is O=C(NCc1cccc2ccccc12)C1CSCCN1. The molecule has 2 aromatic carbocycles. The van der Waals surface area contributed by atoms with Crippen LogP contribution < -0.4 is 10.6 Å². The maximum Gasteiger partial charge on any atom is 0.238 e. The molecule has 104 valence electrons. The summed E-state index contributed by atoms with van der Waals surface area (Å²) in [5.41, 5.74) is 1.17. The third-order valence-electron chi connectivity index (χ3n) is 3.57. The number of rotatable bonds is 3. The third kappa shape index (κ3) is 2.97. The Morgan fingerprint density at radius 3 is 2.95 bits per heavy atom. The Hall–Kier alpha value is -1.52. The Balaban J connectivity index is 1.69. The first-order valence-corrected chi connectivity index (χ1v) is 8.05. The quantitative estimate of drug-likeness (QED) is 0.908. The largest absolute Gasteiger partial charge is 0.351 e. The zero-order valence-electron chi connectivity index (χ0n) is 11.3. The van der Waals surface area contributed by atoms with Crippen molar-refractivity contribution >= 4 is 28.4 Å². The van der Waals surface area contributed by atoms with Crippen LogP contribution in [-0.4, -0.2) is 30.0 Å². The summed E-state index contributed by atoms with van der Waals surface area (Å²) < 4.78 is 0. The fourth-order valence-corrected chi connectivity index (χ4v) is 3.42. The Morgan fingerprint density at radius 2 is 2.10 bits per heavy atom. The average Bonchev–Trinajstić information content (AvgIpc) is 2.53. The Bertz CT molecular complexity index is 603. The van der Waals surface area contributed by atoms with Crippen LogP contribution in [0, 0.1) is 0 Å². The van der Waals surface area contributed by atoms with Gasteiger partial charge in [0.05, 0.1) is 6.04 Å². The maximum absolute atomic E-state index is 12.1. The predicted molar refractivity (Wildman–Crippen MR) is 84.9 cm³/mol. The summed E-state index contributed by atoms with van der Waals surface area (Å²) in [6.45, 7) is 1.50. The summed E-state index contributed by atoms with van der Waals surface area (Å²) in [5.74, 6) is 2.05. The smallest absolute Gasteiger partial charge is 0.238 e. The van der Waals surface area contributed by atoms with Crippen molar-refractivity contribution in [3.63, 3.8) is 0 Å². The molecule has 1 saturated heterocycles. The van der Waals surface area contributed by atoms with Crippen LogP contribution in [0.2, 0.25) is 0 Å². The summed E-state index contributed by atoms with van der Waals surface area (Å²) in [7, 11) is 0. The molecule has 1 unspecified atom stereocenters. The topological polar surface area (TPSA) is 41.1 Å². The summed E-state index contributed by atoms with van der Waals surface area (Å²) in [4.78, 5) is 12.1. The third-order valence-corrected chi connectivity index (χ3v) is 4.63. The van der Waals surface area contributed by atoms with E-state index in [0.29, 0.717) is 6.54 Å². The molecule has 1 fully saturated rings. The number of nitrogens with one attached hydrogen (secondary N) is 2. The number of amides is 1. The van der Waals surface area contributed by atoms with Gasteiger partial charge in [0.25, 0.3) is 0 Å². The van der Waals surface area contributed by atoms with E-state index in [-0.39, 0.29) is 11.9 Å². The van der Waals surface area contributed by atoms with E-state index in [1.165, 1.54) is 16.3 Å². The molecule has 2 N–H and O–H groups in total. The molecule has 0 radical (unpaired) electrons. The minimum absolute atomic E-state index is 0.0521. The van der Waals surface area contributed by atoms with Crippen LogP contribution in [-0.2, 0) is 11.3 Å². The second kappa shape index (κ2) is 6.29. The number of carbonyl (C=O) groups is 1. The van der Waals surface area contributed by atoms with Crippen LogP contribution in [0.25, 0.3) is 10.8 Å². The standard InChI is InChI=1S/C16H18N2OS/c19-16(15-11-20-9-8-17-15)18-10-13-6-3-5-12-4-1-2-7-14(12)13/h1-7,15,17H,8-11H2,(H,18,19). The zero-order chi connectivity index (χ0) is 13.8. The molecule has 0 bridgehead atoms. The van der Waals surface area contributed by atoms with Gasteiger partial charge in [-0.3, -0.25) is 4.79 Å². The van der Waals surface area contributed by atoms with Gasteiger partial charge in [0.15, 0.2) is 0 Å². The number of hydrogen-bond acceptors (Lipinski definition) is 3. The fourth-order valence-electron chi connectivity index (χ4n) is 2.49.